The average molecular weight is 394 g/mol. The maximum atomic E-state index is 12.4. The van der Waals surface area contributed by atoms with Crippen molar-refractivity contribution in [3.63, 3.8) is 0 Å². The van der Waals surface area contributed by atoms with Gasteiger partial charge in [0, 0.05) is 23.0 Å². The van der Waals surface area contributed by atoms with Crippen LogP contribution >= 0.6 is 0 Å². The Labute approximate surface area is 168 Å². The van der Waals surface area contributed by atoms with Gasteiger partial charge in [0.1, 0.15) is 11.5 Å². The Kier molecular flexibility index (Phi) is 6.47. The van der Waals surface area contributed by atoms with Crippen molar-refractivity contribution in [3.8, 4) is 5.75 Å². The van der Waals surface area contributed by atoms with Crippen LogP contribution in [0.15, 0.2) is 59.1 Å². The van der Waals surface area contributed by atoms with Crippen LogP contribution in [0.1, 0.15) is 23.0 Å². The van der Waals surface area contributed by atoms with Crippen LogP contribution in [-0.4, -0.2) is 30.1 Å². The van der Waals surface area contributed by atoms with E-state index in [2.05, 4.69) is 21.1 Å². The van der Waals surface area contributed by atoms with Crippen molar-refractivity contribution >= 4 is 29.0 Å². The summed E-state index contributed by atoms with van der Waals surface area (Å²) in [6, 6.07) is 15.7. The first-order valence-electron chi connectivity index (χ1n) is 9.15. The third-order valence-corrected chi connectivity index (χ3v) is 3.92. The first kappa shape index (κ1) is 19.9. The van der Waals surface area contributed by atoms with Crippen LogP contribution in [0.4, 0.5) is 17.2 Å². The number of benzene rings is 2. The summed E-state index contributed by atoms with van der Waals surface area (Å²) < 4.78 is 10.3. The van der Waals surface area contributed by atoms with Crippen LogP contribution in [0.2, 0.25) is 0 Å². The summed E-state index contributed by atoms with van der Waals surface area (Å²) in [5.41, 5.74) is 1.90. The largest absolute Gasteiger partial charge is 0.494 e. The molecule has 8 heteroatoms. The fourth-order valence-electron chi connectivity index (χ4n) is 2.54. The van der Waals surface area contributed by atoms with Crippen molar-refractivity contribution in [2.75, 3.05) is 29.1 Å². The van der Waals surface area contributed by atoms with Gasteiger partial charge in [-0.25, -0.2) is 0 Å². The molecular weight excluding hydrogens is 372 g/mol. The molecule has 0 saturated carbocycles. The highest BCUT2D eigenvalue weighted by atomic mass is 16.5. The van der Waals surface area contributed by atoms with E-state index < -0.39 is 0 Å². The summed E-state index contributed by atoms with van der Waals surface area (Å²) in [5, 5.41) is 12.1. The van der Waals surface area contributed by atoms with Gasteiger partial charge < -0.3 is 25.2 Å². The lowest BCUT2D eigenvalue weighted by atomic mass is 10.2. The quantitative estimate of drug-likeness (QED) is 0.538. The molecule has 0 aliphatic carbocycles. The maximum absolute atomic E-state index is 12.4. The van der Waals surface area contributed by atoms with Crippen LogP contribution in [0.5, 0.6) is 5.75 Å². The molecule has 0 fully saturated rings. The van der Waals surface area contributed by atoms with E-state index >= 15 is 0 Å². The third kappa shape index (κ3) is 5.83. The van der Waals surface area contributed by atoms with E-state index in [1.165, 1.54) is 0 Å². The Morgan fingerprint density at radius 1 is 1.00 bits per heavy atom. The number of aromatic nitrogens is 1. The summed E-state index contributed by atoms with van der Waals surface area (Å²) in [6.07, 6.45) is 0. The van der Waals surface area contributed by atoms with Gasteiger partial charge in [0.2, 0.25) is 5.91 Å². The lowest BCUT2D eigenvalue weighted by Crippen LogP contribution is -2.21. The van der Waals surface area contributed by atoms with Gasteiger partial charge in [0.15, 0.2) is 5.82 Å². The smallest absolute Gasteiger partial charge is 0.255 e. The molecule has 0 aliphatic rings. The zero-order valence-corrected chi connectivity index (χ0v) is 16.2. The van der Waals surface area contributed by atoms with Gasteiger partial charge >= 0.3 is 0 Å². The molecule has 1 aromatic heterocycles. The van der Waals surface area contributed by atoms with Crippen LogP contribution in [-0.2, 0) is 4.79 Å². The summed E-state index contributed by atoms with van der Waals surface area (Å²) in [4.78, 5) is 24.3. The molecule has 0 saturated heterocycles. The van der Waals surface area contributed by atoms with Gasteiger partial charge in [-0.2, -0.15) is 0 Å². The second-order valence-electron chi connectivity index (χ2n) is 6.21. The summed E-state index contributed by atoms with van der Waals surface area (Å²) >= 11 is 0. The number of carbonyl (C=O) groups is 2. The minimum atomic E-state index is -0.254. The van der Waals surface area contributed by atoms with Gasteiger partial charge in [-0.1, -0.05) is 5.16 Å². The molecule has 0 radical (unpaired) electrons. The van der Waals surface area contributed by atoms with E-state index in [1.807, 2.05) is 6.92 Å². The van der Waals surface area contributed by atoms with E-state index in [-0.39, 0.29) is 18.4 Å². The Bertz CT molecular complexity index is 965. The number of aryl methyl sites for hydroxylation is 1. The van der Waals surface area contributed by atoms with Gasteiger partial charge in [0.05, 0.1) is 13.2 Å². The van der Waals surface area contributed by atoms with E-state index in [4.69, 9.17) is 9.26 Å². The fourth-order valence-corrected chi connectivity index (χ4v) is 2.54. The summed E-state index contributed by atoms with van der Waals surface area (Å²) in [7, 11) is 0. The molecule has 3 aromatic rings. The standard InChI is InChI=1S/C21H22N4O4/c1-3-28-18-10-8-17(9-11-18)23-21(27)15-4-6-16(7-5-15)22-13-20(26)24-19-12-14(2)29-25-19/h4-12,22H,3,13H2,1-2H3,(H,23,27)(H,24,25,26). The monoisotopic (exact) mass is 394 g/mol. The first-order chi connectivity index (χ1) is 14.0. The van der Waals surface area contributed by atoms with Crippen molar-refractivity contribution in [3.05, 3.63) is 65.9 Å². The van der Waals surface area contributed by atoms with Crippen LogP contribution < -0.4 is 20.7 Å². The number of hydrogen-bond donors (Lipinski definition) is 3. The molecule has 3 rings (SSSR count). The molecule has 2 aromatic carbocycles. The molecule has 0 unspecified atom stereocenters. The predicted molar refractivity (Wildman–Crippen MR) is 110 cm³/mol. The molecule has 0 bridgehead atoms. The van der Waals surface area contributed by atoms with E-state index in [1.54, 1.807) is 61.5 Å². The molecule has 150 valence electrons. The Balaban J connectivity index is 1.49. The molecular formula is C21H22N4O4. The summed E-state index contributed by atoms with van der Waals surface area (Å²) in [5.74, 6) is 1.27. The van der Waals surface area contributed by atoms with Crippen molar-refractivity contribution in [2.45, 2.75) is 13.8 Å². The van der Waals surface area contributed by atoms with Gasteiger partial charge in [-0.15, -0.1) is 0 Å². The second-order valence-corrected chi connectivity index (χ2v) is 6.21. The van der Waals surface area contributed by atoms with Crippen molar-refractivity contribution in [1.82, 2.24) is 5.16 Å². The molecule has 3 N–H and O–H groups in total. The number of anilines is 3. The Hall–Kier alpha value is -3.81. The van der Waals surface area contributed by atoms with E-state index in [0.717, 1.165) is 5.75 Å². The minimum Gasteiger partial charge on any atom is -0.494 e. The van der Waals surface area contributed by atoms with Gasteiger partial charge in [-0.3, -0.25) is 9.59 Å². The molecule has 0 spiro atoms. The lowest BCUT2D eigenvalue weighted by Gasteiger charge is -2.09. The normalized spacial score (nSPS) is 10.3. The molecule has 0 atom stereocenters. The van der Waals surface area contributed by atoms with Crippen molar-refractivity contribution < 1.29 is 18.8 Å². The molecule has 2 amide bonds. The average Bonchev–Trinajstić information content (AvgIpc) is 3.13. The summed E-state index contributed by atoms with van der Waals surface area (Å²) in [6.45, 7) is 4.31. The number of rotatable bonds is 8. The molecule has 1 heterocycles. The molecule has 0 aliphatic heterocycles. The number of hydrogen-bond acceptors (Lipinski definition) is 6. The Morgan fingerprint density at radius 2 is 1.69 bits per heavy atom. The highest BCUT2D eigenvalue weighted by Gasteiger charge is 2.08. The third-order valence-electron chi connectivity index (χ3n) is 3.92. The fraction of sp³-hybridized carbons (Fsp3) is 0.190. The number of ether oxygens (including phenoxy) is 1. The number of carbonyl (C=O) groups excluding carboxylic acids is 2. The SMILES string of the molecule is CCOc1ccc(NC(=O)c2ccc(NCC(=O)Nc3cc(C)on3)cc2)cc1. The highest BCUT2D eigenvalue weighted by Crippen LogP contribution is 2.17. The number of nitrogens with one attached hydrogen (secondary N) is 3. The zero-order chi connectivity index (χ0) is 20.6. The maximum Gasteiger partial charge on any atom is 0.255 e. The number of nitrogens with zero attached hydrogens (tertiary/aromatic N) is 1. The molecule has 29 heavy (non-hydrogen) atoms. The van der Waals surface area contributed by atoms with Gasteiger partial charge in [-0.05, 0) is 62.4 Å². The highest BCUT2D eigenvalue weighted by molar-refractivity contribution is 6.04. The first-order valence-corrected chi connectivity index (χ1v) is 9.15. The van der Waals surface area contributed by atoms with Crippen LogP contribution in [0.25, 0.3) is 0 Å². The number of amides is 2. The topological polar surface area (TPSA) is 105 Å². The van der Waals surface area contributed by atoms with Crippen LogP contribution in [0, 0.1) is 6.92 Å². The minimum absolute atomic E-state index is 0.0592. The lowest BCUT2D eigenvalue weighted by molar-refractivity contribution is -0.114. The Morgan fingerprint density at radius 3 is 2.31 bits per heavy atom. The molecule has 8 nitrogen and oxygen atoms in total. The second kappa shape index (κ2) is 9.41. The van der Waals surface area contributed by atoms with Crippen molar-refractivity contribution in [2.24, 2.45) is 0 Å². The van der Waals surface area contributed by atoms with Crippen LogP contribution in [0.3, 0.4) is 0 Å². The van der Waals surface area contributed by atoms with E-state index in [9.17, 15) is 9.59 Å². The van der Waals surface area contributed by atoms with Crippen molar-refractivity contribution in [1.29, 1.82) is 0 Å². The van der Waals surface area contributed by atoms with Gasteiger partial charge in [0.25, 0.3) is 5.91 Å². The predicted octanol–water partition coefficient (Wildman–Crippen LogP) is 3.68. The van der Waals surface area contributed by atoms with E-state index in [0.29, 0.717) is 35.1 Å². The zero-order valence-electron chi connectivity index (χ0n) is 16.2.